The van der Waals surface area contributed by atoms with Crippen LogP contribution in [0.4, 0.5) is 0 Å². The van der Waals surface area contributed by atoms with Crippen LogP contribution < -0.4 is 5.46 Å². The molecule has 0 aliphatic carbocycles. The van der Waals surface area contributed by atoms with Gasteiger partial charge in [0, 0.05) is 104 Å². The zero-order valence-electron chi connectivity index (χ0n) is 43.9. The van der Waals surface area contributed by atoms with Crippen molar-refractivity contribution in [2.24, 2.45) is 0 Å². The van der Waals surface area contributed by atoms with Gasteiger partial charge in [-0.1, -0.05) is 36.4 Å². The van der Waals surface area contributed by atoms with E-state index in [0.717, 1.165) is 140 Å². The van der Waals surface area contributed by atoms with E-state index in [4.69, 9.17) is 9.31 Å². The molecule has 3 fully saturated rings. The summed E-state index contributed by atoms with van der Waals surface area (Å²) in [5.41, 5.74) is 10.5. The SMILES string of the molecule is CN1CCc2cc(B3OC(C)(C)C(C)(C)O3)ccc2C1=O.C[C@@H]1CCCN1CCN1CCc2cc(-c3ccc4c(c3)CCN(C)C4=O)ccc2C1=O.C[C@@H]1CCCN1CCN1CCc2cc(I)ccc2C1=O. The number of amides is 4. The number of rotatable bonds is 8. The van der Waals surface area contributed by atoms with Gasteiger partial charge in [0.1, 0.15) is 0 Å². The maximum absolute atomic E-state index is 13.1. The highest BCUT2D eigenvalue weighted by Gasteiger charge is 2.52. The minimum atomic E-state index is -0.366. The Morgan fingerprint density at radius 1 is 0.514 bits per heavy atom. The second kappa shape index (κ2) is 21.7. The first-order valence-corrected chi connectivity index (χ1v) is 27.6. The molecule has 72 heavy (non-hydrogen) atoms. The third-order valence-corrected chi connectivity index (χ3v) is 17.6. The summed E-state index contributed by atoms with van der Waals surface area (Å²) in [6.07, 6.45) is 8.81. The Balaban J connectivity index is 0.000000138. The quantitative estimate of drug-likeness (QED) is 0.130. The van der Waals surface area contributed by atoms with Crippen molar-refractivity contribution in [1.82, 2.24) is 29.4 Å². The van der Waals surface area contributed by atoms with Gasteiger partial charge in [-0.3, -0.25) is 29.0 Å². The number of fused-ring (bicyclic) bond motifs is 4. The Labute approximate surface area is 442 Å². The molecule has 0 aromatic heterocycles. The van der Waals surface area contributed by atoms with Gasteiger partial charge >= 0.3 is 7.12 Å². The van der Waals surface area contributed by atoms with Crippen LogP contribution in [0.25, 0.3) is 11.1 Å². The van der Waals surface area contributed by atoms with E-state index in [2.05, 4.69) is 76.6 Å². The van der Waals surface area contributed by atoms with E-state index in [9.17, 15) is 19.2 Å². The summed E-state index contributed by atoms with van der Waals surface area (Å²) in [4.78, 5) is 62.7. The lowest BCUT2D eigenvalue weighted by Crippen LogP contribution is -2.43. The highest BCUT2D eigenvalue weighted by atomic mass is 127. The van der Waals surface area contributed by atoms with Gasteiger partial charge < -0.3 is 28.9 Å². The Morgan fingerprint density at radius 3 is 1.38 bits per heavy atom. The number of likely N-dealkylation sites (tertiary alicyclic amines) is 2. The van der Waals surface area contributed by atoms with Crippen LogP contribution in [0.3, 0.4) is 0 Å². The zero-order valence-corrected chi connectivity index (χ0v) is 46.1. The largest absolute Gasteiger partial charge is 0.494 e. The fourth-order valence-electron chi connectivity index (χ4n) is 11.3. The predicted octanol–water partition coefficient (Wildman–Crippen LogP) is 7.85. The summed E-state index contributed by atoms with van der Waals surface area (Å²) in [6, 6.07) is 25.7. The van der Waals surface area contributed by atoms with Crippen molar-refractivity contribution in [2.75, 3.05) is 79.5 Å². The molecule has 4 aromatic carbocycles. The molecule has 382 valence electrons. The van der Waals surface area contributed by atoms with Gasteiger partial charge in [-0.15, -0.1) is 0 Å². The van der Waals surface area contributed by atoms with Crippen LogP contribution in [0.5, 0.6) is 0 Å². The first kappa shape index (κ1) is 52.3. The zero-order chi connectivity index (χ0) is 51.1. The summed E-state index contributed by atoms with van der Waals surface area (Å²) in [7, 11) is 3.33. The molecular weight excluding hydrogens is 1010 g/mol. The van der Waals surface area contributed by atoms with E-state index in [1.807, 2.05) is 94.1 Å². The molecule has 0 saturated carbocycles. The van der Waals surface area contributed by atoms with Gasteiger partial charge in [-0.05, 0) is 204 Å². The van der Waals surface area contributed by atoms with Crippen molar-refractivity contribution in [3.05, 3.63) is 121 Å². The van der Waals surface area contributed by atoms with Crippen LogP contribution in [0.15, 0.2) is 72.8 Å². The summed E-state index contributed by atoms with van der Waals surface area (Å²) in [6.45, 7) is 22.0. The topological polar surface area (TPSA) is 106 Å². The lowest BCUT2D eigenvalue weighted by molar-refractivity contribution is 0.00578. The molecule has 7 aliphatic heterocycles. The second-order valence-electron chi connectivity index (χ2n) is 22.1. The number of hydrogen-bond donors (Lipinski definition) is 0. The van der Waals surface area contributed by atoms with Crippen molar-refractivity contribution in [2.45, 2.75) is 116 Å². The molecule has 0 spiro atoms. The fraction of sp³-hybridized carbons (Fsp3) is 0.517. The van der Waals surface area contributed by atoms with E-state index in [1.165, 1.54) is 41.4 Å². The number of likely N-dealkylation sites (N-methyl/N-ethyl adjacent to an activating group) is 2. The van der Waals surface area contributed by atoms with E-state index < -0.39 is 0 Å². The maximum Gasteiger partial charge on any atom is 0.494 e. The van der Waals surface area contributed by atoms with Gasteiger partial charge in [-0.25, -0.2) is 0 Å². The van der Waals surface area contributed by atoms with Crippen LogP contribution in [0, 0.1) is 3.57 Å². The molecular formula is C58H74BIN6O6. The number of carbonyl (C=O) groups excluding carboxylic acids is 4. The minimum Gasteiger partial charge on any atom is -0.399 e. The number of nitrogens with zero attached hydrogens (tertiary/aromatic N) is 6. The van der Waals surface area contributed by atoms with Crippen LogP contribution in [0.1, 0.15) is 131 Å². The molecule has 14 heteroatoms. The van der Waals surface area contributed by atoms with E-state index in [1.54, 1.807) is 9.80 Å². The highest BCUT2D eigenvalue weighted by molar-refractivity contribution is 14.1. The average Bonchev–Trinajstić information content (AvgIpc) is 4.04. The lowest BCUT2D eigenvalue weighted by Gasteiger charge is -2.32. The van der Waals surface area contributed by atoms with Crippen molar-refractivity contribution in [3.8, 4) is 11.1 Å². The van der Waals surface area contributed by atoms with Crippen LogP contribution in [0.2, 0.25) is 0 Å². The third-order valence-electron chi connectivity index (χ3n) is 16.9. The average molecular weight is 1090 g/mol. The standard InChI is InChI=1S/C26H31N3O2.C16H22BNO3.C16H21IN2O/c1-18-4-3-11-28(18)14-15-29-13-10-22-17-20(6-8-24(22)26(29)31)19-5-7-23-21(16-19)9-12-27(2)25(23)30;1-15(2)16(3,4)21-17(20-15)12-6-7-13-11(10-12)8-9-18(5)14(13)19;1-12-3-2-7-18(12)9-10-19-8-6-13-11-14(17)4-5-15(13)16(19)20/h5-8,16-18H,3-4,9-15H2,1-2H3;6-7,10H,8-9H2,1-5H3;4-5,11-12H,2-3,6-10H2,1H3/t18-;;12-/m1.1/s1. The fourth-order valence-corrected chi connectivity index (χ4v) is 11.9. The van der Waals surface area contributed by atoms with E-state index >= 15 is 0 Å². The molecule has 2 atom stereocenters. The first-order chi connectivity index (χ1) is 34.4. The first-order valence-electron chi connectivity index (χ1n) is 26.5. The summed E-state index contributed by atoms with van der Waals surface area (Å²) < 4.78 is 13.4. The monoisotopic (exact) mass is 1090 g/mol. The molecule has 0 radical (unpaired) electrons. The molecule has 3 saturated heterocycles. The smallest absolute Gasteiger partial charge is 0.399 e. The molecule has 0 bridgehead atoms. The molecule has 11 rings (SSSR count). The molecule has 7 aliphatic rings. The van der Waals surface area contributed by atoms with Crippen molar-refractivity contribution in [1.29, 1.82) is 0 Å². The van der Waals surface area contributed by atoms with Gasteiger partial charge in [0.2, 0.25) is 0 Å². The Morgan fingerprint density at radius 2 is 0.917 bits per heavy atom. The number of hydrogen-bond acceptors (Lipinski definition) is 8. The predicted molar refractivity (Wildman–Crippen MR) is 294 cm³/mol. The van der Waals surface area contributed by atoms with Gasteiger partial charge in [0.05, 0.1) is 11.2 Å². The summed E-state index contributed by atoms with van der Waals surface area (Å²) in [5, 5.41) is 0. The number of halogens is 1. The molecule has 4 aromatic rings. The normalized spacial score (nSPS) is 22.5. The summed E-state index contributed by atoms with van der Waals surface area (Å²) >= 11 is 2.31. The van der Waals surface area contributed by atoms with Crippen LogP contribution in [-0.4, -0.2) is 163 Å². The summed E-state index contributed by atoms with van der Waals surface area (Å²) in [5.74, 6) is 0.581. The van der Waals surface area contributed by atoms with E-state index in [0.29, 0.717) is 12.1 Å². The van der Waals surface area contributed by atoms with Gasteiger partial charge in [0.25, 0.3) is 23.6 Å². The Hall–Kier alpha value is -4.61. The Kier molecular flexibility index (Phi) is 15.8. The Bertz CT molecular complexity index is 2690. The maximum atomic E-state index is 13.1. The lowest BCUT2D eigenvalue weighted by atomic mass is 9.77. The van der Waals surface area contributed by atoms with Crippen LogP contribution >= 0.6 is 22.6 Å². The molecule has 0 N–H and O–H groups in total. The van der Waals surface area contributed by atoms with Gasteiger partial charge in [-0.2, -0.15) is 0 Å². The number of benzene rings is 4. The van der Waals surface area contributed by atoms with Gasteiger partial charge in [0.15, 0.2) is 0 Å². The molecule has 0 unspecified atom stereocenters. The van der Waals surface area contributed by atoms with Crippen molar-refractivity contribution < 1.29 is 28.5 Å². The van der Waals surface area contributed by atoms with Crippen molar-refractivity contribution in [3.63, 3.8) is 0 Å². The number of carbonyl (C=O) groups is 4. The second-order valence-corrected chi connectivity index (χ2v) is 23.4. The third kappa shape index (κ3) is 11.1. The highest BCUT2D eigenvalue weighted by Crippen LogP contribution is 2.37. The minimum absolute atomic E-state index is 0.0942. The molecule has 4 amide bonds. The molecule has 12 nitrogen and oxygen atoms in total. The molecule has 7 heterocycles. The van der Waals surface area contributed by atoms with E-state index in [-0.39, 0.29) is 41.9 Å². The van der Waals surface area contributed by atoms with Crippen LogP contribution in [-0.2, 0) is 35.0 Å². The van der Waals surface area contributed by atoms with Crippen molar-refractivity contribution >= 4 is 58.8 Å².